The highest BCUT2D eigenvalue weighted by Crippen LogP contribution is 2.23. The number of amides is 1. The van der Waals surface area contributed by atoms with Gasteiger partial charge in [-0.3, -0.25) is 14.9 Å². The first-order chi connectivity index (χ1) is 15.7. The van der Waals surface area contributed by atoms with E-state index in [1.54, 1.807) is 7.05 Å². The van der Waals surface area contributed by atoms with E-state index in [9.17, 15) is 23.3 Å². The molecule has 0 saturated heterocycles. The predicted octanol–water partition coefficient (Wildman–Crippen LogP) is 4.03. The van der Waals surface area contributed by atoms with Gasteiger partial charge in [0.2, 0.25) is 0 Å². The molecule has 3 rings (SSSR count). The van der Waals surface area contributed by atoms with Gasteiger partial charge in [0.1, 0.15) is 16.4 Å². The van der Waals surface area contributed by atoms with E-state index >= 15 is 0 Å². The number of benzene rings is 3. The zero-order valence-corrected chi connectivity index (χ0v) is 18.8. The van der Waals surface area contributed by atoms with Gasteiger partial charge in [-0.25, -0.2) is 0 Å². The molecular formula is C23H22N2O7S. The lowest BCUT2D eigenvalue weighted by atomic mass is 10.1. The zero-order chi connectivity index (χ0) is 24.0. The van der Waals surface area contributed by atoms with Crippen molar-refractivity contribution in [2.24, 2.45) is 0 Å². The molecule has 10 heteroatoms. The van der Waals surface area contributed by atoms with Gasteiger partial charge < -0.3 is 13.8 Å². The standard InChI is InChI=1S/C23H22N2O7S/c1-3-31-20-11-7-17(8-12-20)16-24(2)23(26)18-9-13-21(14-10-18)32-33(29,30)22-6-4-5-19(15-22)25(27)28/h4-15H,3,16H2,1-2H3. The summed E-state index contributed by atoms with van der Waals surface area (Å²) in [6, 6.07) is 17.6. The first kappa shape index (κ1) is 23.7. The van der Waals surface area contributed by atoms with Crippen LogP contribution in [0.25, 0.3) is 0 Å². The molecule has 3 aromatic rings. The number of nitrogens with zero attached hydrogens (tertiary/aromatic N) is 2. The SMILES string of the molecule is CCOc1ccc(CN(C)C(=O)c2ccc(OS(=O)(=O)c3cccc([N+](=O)[O-])c3)cc2)cc1. The number of hydrogen-bond acceptors (Lipinski definition) is 7. The van der Waals surface area contributed by atoms with Crippen molar-refractivity contribution in [3.63, 3.8) is 0 Å². The zero-order valence-electron chi connectivity index (χ0n) is 18.0. The third-order valence-corrected chi connectivity index (χ3v) is 5.87. The molecule has 0 radical (unpaired) electrons. The number of nitro groups is 1. The molecule has 33 heavy (non-hydrogen) atoms. The Bertz CT molecular complexity index is 1240. The van der Waals surface area contributed by atoms with Crippen LogP contribution in [0.2, 0.25) is 0 Å². The van der Waals surface area contributed by atoms with Gasteiger partial charge in [0, 0.05) is 31.3 Å². The van der Waals surface area contributed by atoms with Crippen LogP contribution in [0, 0.1) is 10.1 Å². The second-order valence-electron chi connectivity index (χ2n) is 7.05. The summed E-state index contributed by atoms with van der Waals surface area (Å²) < 4.78 is 35.4. The molecule has 3 aromatic carbocycles. The lowest BCUT2D eigenvalue weighted by Gasteiger charge is -2.18. The van der Waals surface area contributed by atoms with Crippen LogP contribution in [0.3, 0.4) is 0 Å². The molecule has 0 N–H and O–H groups in total. The van der Waals surface area contributed by atoms with Crippen molar-refractivity contribution in [1.29, 1.82) is 0 Å². The Balaban J connectivity index is 1.67. The molecule has 0 unspecified atom stereocenters. The van der Waals surface area contributed by atoms with Crippen molar-refractivity contribution in [2.45, 2.75) is 18.4 Å². The molecule has 0 aliphatic heterocycles. The molecule has 0 aliphatic carbocycles. The molecule has 0 saturated carbocycles. The molecular weight excluding hydrogens is 448 g/mol. The van der Waals surface area contributed by atoms with Crippen LogP contribution in [-0.4, -0.2) is 37.8 Å². The molecule has 172 valence electrons. The minimum atomic E-state index is -4.28. The van der Waals surface area contributed by atoms with Gasteiger partial charge in [0.15, 0.2) is 0 Å². The summed E-state index contributed by atoms with van der Waals surface area (Å²) in [5.41, 5.74) is 0.914. The maximum absolute atomic E-state index is 12.7. The highest BCUT2D eigenvalue weighted by atomic mass is 32.2. The molecule has 0 atom stereocenters. The number of non-ortho nitro benzene ring substituents is 1. The second-order valence-corrected chi connectivity index (χ2v) is 8.60. The van der Waals surface area contributed by atoms with Crippen LogP contribution >= 0.6 is 0 Å². The second kappa shape index (κ2) is 10.1. The number of nitro benzene ring substituents is 1. The highest BCUT2D eigenvalue weighted by molar-refractivity contribution is 7.87. The average Bonchev–Trinajstić information content (AvgIpc) is 2.80. The highest BCUT2D eigenvalue weighted by Gasteiger charge is 2.20. The fourth-order valence-corrected chi connectivity index (χ4v) is 3.98. The lowest BCUT2D eigenvalue weighted by Crippen LogP contribution is -2.26. The predicted molar refractivity (Wildman–Crippen MR) is 121 cm³/mol. The Kier molecular flexibility index (Phi) is 7.29. The Morgan fingerprint density at radius 3 is 2.24 bits per heavy atom. The van der Waals surface area contributed by atoms with E-state index in [0.29, 0.717) is 18.7 Å². The average molecular weight is 471 g/mol. The molecule has 0 aliphatic rings. The van der Waals surface area contributed by atoms with E-state index in [-0.39, 0.29) is 22.2 Å². The fourth-order valence-electron chi connectivity index (χ4n) is 3.00. The Morgan fingerprint density at radius 2 is 1.64 bits per heavy atom. The van der Waals surface area contributed by atoms with E-state index < -0.39 is 15.0 Å². The van der Waals surface area contributed by atoms with Gasteiger partial charge in [-0.15, -0.1) is 0 Å². The van der Waals surface area contributed by atoms with Crippen LogP contribution in [0.4, 0.5) is 5.69 Å². The summed E-state index contributed by atoms with van der Waals surface area (Å²) in [4.78, 5) is 24.1. The maximum Gasteiger partial charge on any atom is 0.339 e. The number of carbonyl (C=O) groups is 1. The molecule has 0 aromatic heterocycles. The first-order valence-corrected chi connectivity index (χ1v) is 11.4. The quantitative estimate of drug-likeness (QED) is 0.263. The molecule has 1 amide bonds. The maximum atomic E-state index is 12.7. The van der Waals surface area contributed by atoms with E-state index in [0.717, 1.165) is 17.4 Å². The minimum absolute atomic E-state index is 0.0211. The largest absolute Gasteiger partial charge is 0.494 e. The smallest absolute Gasteiger partial charge is 0.339 e. The van der Waals surface area contributed by atoms with Crippen molar-refractivity contribution >= 4 is 21.7 Å². The lowest BCUT2D eigenvalue weighted by molar-refractivity contribution is -0.385. The summed E-state index contributed by atoms with van der Waals surface area (Å²) in [5.74, 6) is 0.482. The van der Waals surface area contributed by atoms with E-state index in [4.69, 9.17) is 8.92 Å². The van der Waals surface area contributed by atoms with Gasteiger partial charge in [0.25, 0.3) is 11.6 Å². The third-order valence-electron chi connectivity index (χ3n) is 4.63. The Morgan fingerprint density at radius 1 is 1.00 bits per heavy atom. The van der Waals surface area contributed by atoms with Crippen molar-refractivity contribution in [3.05, 3.63) is 94.0 Å². The van der Waals surface area contributed by atoms with Crippen LogP contribution in [-0.2, 0) is 16.7 Å². The van der Waals surface area contributed by atoms with Gasteiger partial charge in [-0.1, -0.05) is 18.2 Å². The van der Waals surface area contributed by atoms with E-state index in [1.165, 1.54) is 47.4 Å². The molecule has 9 nitrogen and oxygen atoms in total. The summed E-state index contributed by atoms with van der Waals surface area (Å²) in [6.45, 7) is 2.86. The summed E-state index contributed by atoms with van der Waals surface area (Å²) >= 11 is 0. The molecule has 0 spiro atoms. The van der Waals surface area contributed by atoms with Crippen molar-refractivity contribution < 1.29 is 27.1 Å². The van der Waals surface area contributed by atoms with Gasteiger partial charge in [-0.2, -0.15) is 8.42 Å². The Hall–Kier alpha value is -3.92. The van der Waals surface area contributed by atoms with Crippen molar-refractivity contribution in [1.82, 2.24) is 4.90 Å². The molecule has 0 heterocycles. The van der Waals surface area contributed by atoms with Crippen LogP contribution in [0.5, 0.6) is 11.5 Å². The summed E-state index contributed by atoms with van der Waals surface area (Å²) in [5, 5.41) is 10.9. The van der Waals surface area contributed by atoms with Crippen LogP contribution < -0.4 is 8.92 Å². The summed E-state index contributed by atoms with van der Waals surface area (Å²) in [7, 11) is -2.61. The van der Waals surface area contributed by atoms with E-state index in [2.05, 4.69) is 0 Å². The van der Waals surface area contributed by atoms with Crippen molar-refractivity contribution in [3.8, 4) is 11.5 Å². The van der Waals surface area contributed by atoms with Crippen LogP contribution in [0.1, 0.15) is 22.8 Å². The Labute approximate surface area is 191 Å². The van der Waals surface area contributed by atoms with E-state index in [1.807, 2.05) is 31.2 Å². The topological polar surface area (TPSA) is 116 Å². The fraction of sp³-hybridized carbons (Fsp3) is 0.174. The van der Waals surface area contributed by atoms with Gasteiger partial charge in [-0.05, 0) is 55.0 Å². The third kappa shape index (κ3) is 6.07. The van der Waals surface area contributed by atoms with Crippen LogP contribution in [0.15, 0.2) is 77.7 Å². The first-order valence-electron chi connectivity index (χ1n) is 9.96. The van der Waals surface area contributed by atoms with Crippen molar-refractivity contribution in [2.75, 3.05) is 13.7 Å². The number of hydrogen-bond donors (Lipinski definition) is 0. The molecule has 0 fully saturated rings. The minimum Gasteiger partial charge on any atom is -0.494 e. The normalized spacial score (nSPS) is 11.0. The number of carbonyl (C=O) groups excluding carboxylic acids is 1. The molecule has 0 bridgehead atoms. The van der Waals surface area contributed by atoms with Gasteiger partial charge >= 0.3 is 10.1 Å². The number of rotatable bonds is 9. The summed E-state index contributed by atoms with van der Waals surface area (Å²) in [6.07, 6.45) is 0. The monoisotopic (exact) mass is 470 g/mol. The van der Waals surface area contributed by atoms with Gasteiger partial charge in [0.05, 0.1) is 11.5 Å². The number of ether oxygens (including phenoxy) is 1.